The van der Waals surface area contributed by atoms with Crippen molar-refractivity contribution in [1.29, 1.82) is 0 Å². The minimum Gasteiger partial charge on any atom is -0.492 e. The maximum absolute atomic E-state index is 12.8. The van der Waals surface area contributed by atoms with Gasteiger partial charge in [0.2, 0.25) is 5.91 Å². The van der Waals surface area contributed by atoms with Gasteiger partial charge >= 0.3 is 5.97 Å². The monoisotopic (exact) mass is 608 g/mol. The molecule has 0 bridgehead atoms. The summed E-state index contributed by atoms with van der Waals surface area (Å²) in [6, 6.07) is 9.72. The van der Waals surface area contributed by atoms with Gasteiger partial charge in [0.25, 0.3) is 11.1 Å². The van der Waals surface area contributed by atoms with Crippen LogP contribution in [0.4, 0.5) is 10.5 Å². The van der Waals surface area contributed by atoms with Crippen molar-refractivity contribution in [2.75, 3.05) is 25.1 Å². The Morgan fingerprint density at radius 3 is 2.62 bits per heavy atom. The maximum atomic E-state index is 12.8. The third kappa shape index (κ3) is 7.83. The van der Waals surface area contributed by atoms with Crippen LogP contribution in [0, 0.1) is 5.92 Å². The van der Waals surface area contributed by atoms with Crippen molar-refractivity contribution in [3.8, 4) is 5.75 Å². The fraction of sp³-hybridized carbons (Fsp3) is 0.308. The van der Waals surface area contributed by atoms with Crippen LogP contribution in [0.3, 0.4) is 0 Å². The Morgan fingerprint density at radius 1 is 1.19 bits per heavy atom. The number of halogens is 2. The van der Waals surface area contributed by atoms with Crippen molar-refractivity contribution in [2.45, 2.75) is 27.2 Å². The minimum absolute atomic E-state index is 0.105. The molecule has 1 fully saturated rings. The van der Waals surface area contributed by atoms with E-state index in [2.05, 4.69) is 35.1 Å². The zero-order valence-electron chi connectivity index (χ0n) is 20.5. The number of benzene rings is 2. The van der Waals surface area contributed by atoms with Gasteiger partial charge in [0.15, 0.2) is 0 Å². The topological polar surface area (TPSA) is 102 Å². The molecule has 2 aromatic rings. The molecule has 0 radical (unpaired) electrons. The normalized spacial score (nSPS) is 14.4. The quantitative estimate of drug-likeness (QED) is 0.246. The first-order valence-corrected chi connectivity index (χ1v) is 13.5. The predicted octanol–water partition coefficient (Wildman–Crippen LogP) is 6.38. The molecular formula is C26H26BrClN2O6S. The minimum atomic E-state index is -0.606. The van der Waals surface area contributed by atoms with Crippen LogP contribution >= 0.6 is 39.3 Å². The maximum Gasteiger partial charge on any atom is 0.339 e. The van der Waals surface area contributed by atoms with E-state index in [-0.39, 0.29) is 27.8 Å². The molecule has 196 valence electrons. The summed E-state index contributed by atoms with van der Waals surface area (Å²) in [6.07, 6.45) is 2.24. The van der Waals surface area contributed by atoms with Gasteiger partial charge in [0.1, 0.15) is 12.3 Å². The predicted molar refractivity (Wildman–Crippen MR) is 148 cm³/mol. The Hall–Kier alpha value is -2.82. The summed E-state index contributed by atoms with van der Waals surface area (Å²) < 4.78 is 11.6. The lowest BCUT2D eigenvalue weighted by Gasteiger charge is -2.13. The molecule has 1 aliphatic heterocycles. The molecule has 0 atom stereocenters. The Morgan fingerprint density at radius 2 is 1.95 bits per heavy atom. The van der Waals surface area contributed by atoms with Crippen molar-refractivity contribution in [1.82, 2.24) is 4.90 Å². The molecule has 1 saturated heterocycles. The van der Waals surface area contributed by atoms with E-state index in [4.69, 9.17) is 21.1 Å². The van der Waals surface area contributed by atoms with Gasteiger partial charge < -0.3 is 14.8 Å². The fourth-order valence-electron chi connectivity index (χ4n) is 3.14. The smallest absolute Gasteiger partial charge is 0.339 e. The summed E-state index contributed by atoms with van der Waals surface area (Å²) >= 11 is 10.3. The summed E-state index contributed by atoms with van der Waals surface area (Å²) in [4.78, 5) is 51.2. The SMILES string of the molecule is CCCOC(=O)c1cc(NC(=O)CN2C(=O)S/C(=C/c3ccc(OCC(C)C)c(Br)c3)C2=O)ccc1Cl. The largest absolute Gasteiger partial charge is 0.492 e. The number of thioether (sulfide) groups is 1. The second kappa shape index (κ2) is 13.1. The van der Waals surface area contributed by atoms with Crippen molar-refractivity contribution in [3.63, 3.8) is 0 Å². The van der Waals surface area contributed by atoms with Gasteiger partial charge in [-0.15, -0.1) is 0 Å². The number of amides is 3. The van der Waals surface area contributed by atoms with Crippen LogP contribution in [0.2, 0.25) is 5.02 Å². The number of anilines is 1. The van der Waals surface area contributed by atoms with E-state index in [1.165, 1.54) is 18.2 Å². The van der Waals surface area contributed by atoms with Crippen LogP contribution in [0.15, 0.2) is 45.8 Å². The zero-order chi connectivity index (χ0) is 27.1. The van der Waals surface area contributed by atoms with Crippen LogP contribution in [-0.2, 0) is 14.3 Å². The number of esters is 1. The second-order valence-electron chi connectivity index (χ2n) is 8.54. The number of nitrogens with one attached hydrogen (secondary N) is 1. The molecular weight excluding hydrogens is 584 g/mol. The van der Waals surface area contributed by atoms with Gasteiger partial charge in [0, 0.05) is 5.69 Å². The van der Waals surface area contributed by atoms with Gasteiger partial charge in [-0.25, -0.2) is 4.79 Å². The Bertz CT molecular complexity index is 1250. The highest BCUT2D eigenvalue weighted by atomic mass is 79.9. The Labute approximate surface area is 232 Å². The lowest BCUT2D eigenvalue weighted by molar-refractivity contribution is -0.127. The second-order valence-corrected chi connectivity index (χ2v) is 10.8. The number of carbonyl (C=O) groups excluding carboxylic acids is 4. The molecule has 1 N–H and O–H groups in total. The molecule has 0 unspecified atom stereocenters. The molecule has 0 aromatic heterocycles. The number of hydrogen-bond donors (Lipinski definition) is 1. The highest BCUT2D eigenvalue weighted by Crippen LogP contribution is 2.34. The summed E-state index contributed by atoms with van der Waals surface area (Å²) in [5.74, 6) is -0.723. The summed E-state index contributed by atoms with van der Waals surface area (Å²) in [6.45, 7) is 6.30. The van der Waals surface area contributed by atoms with Gasteiger partial charge in [-0.1, -0.05) is 38.4 Å². The van der Waals surface area contributed by atoms with E-state index >= 15 is 0 Å². The highest BCUT2D eigenvalue weighted by molar-refractivity contribution is 9.10. The first-order chi connectivity index (χ1) is 17.6. The van der Waals surface area contributed by atoms with Crippen LogP contribution in [0.25, 0.3) is 6.08 Å². The number of hydrogen-bond acceptors (Lipinski definition) is 7. The lowest BCUT2D eigenvalue weighted by Crippen LogP contribution is -2.36. The van der Waals surface area contributed by atoms with Crippen LogP contribution in [0.1, 0.15) is 43.1 Å². The number of rotatable bonds is 10. The molecule has 0 aliphatic carbocycles. The van der Waals surface area contributed by atoms with E-state index in [0.717, 1.165) is 21.1 Å². The molecule has 2 aromatic carbocycles. The van der Waals surface area contributed by atoms with E-state index in [1.807, 2.05) is 6.92 Å². The third-order valence-corrected chi connectivity index (χ3v) is 6.77. The molecule has 8 nitrogen and oxygen atoms in total. The lowest BCUT2D eigenvalue weighted by atomic mass is 10.2. The van der Waals surface area contributed by atoms with E-state index in [9.17, 15) is 19.2 Å². The van der Waals surface area contributed by atoms with Gasteiger partial charge in [-0.05, 0) is 82.0 Å². The number of ether oxygens (including phenoxy) is 2. The molecule has 37 heavy (non-hydrogen) atoms. The van der Waals surface area contributed by atoms with Crippen LogP contribution < -0.4 is 10.1 Å². The van der Waals surface area contributed by atoms with Crippen molar-refractivity contribution >= 4 is 74.1 Å². The van der Waals surface area contributed by atoms with Crippen molar-refractivity contribution in [2.24, 2.45) is 5.92 Å². The molecule has 0 spiro atoms. The zero-order valence-corrected chi connectivity index (χ0v) is 23.7. The Kier molecular flexibility index (Phi) is 10.2. The summed E-state index contributed by atoms with van der Waals surface area (Å²) in [7, 11) is 0. The molecule has 11 heteroatoms. The van der Waals surface area contributed by atoms with Gasteiger partial charge in [-0.2, -0.15) is 0 Å². The number of imide groups is 1. The van der Waals surface area contributed by atoms with Crippen molar-refractivity contribution < 1.29 is 28.7 Å². The van der Waals surface area contributed by atoms with Crippen LogP contribution in [0.5, 0.6) is 5.75 Å². The average Bonchev–Trinajstić information content (AvgIpc) is 3.10. The molecule has 3 amide bonds. The van der Waals surface area contributed by atoms with E-state index < -0.39 is 29.6 Å². The average molecular weight is 610 g/mol. The van der Waals surface area contributed by atoms with Crippen LogP contribution in [-0.4, -0.2) is 47.7 Å². The number of nitrogens with zero attached hydrogens (tertiary/aromatic N) is 1. The Balaban J connectivity index is 1.66. The molecule has 1 aliphatic rings. The molecule has 0 saturated carbocycles. The van der Waals surface area contributed by atoms with Crippen molar-refractivity contribution in [3.05, 3.63) is 61.9 Å². The first kappa shape index (κ1) is 28.7. The number of carbonyl (C=O) groups is 4. The molecule has 1 heterocycles. The van der Waals surface area contributed by atoms with Gasteiger partial charge in [0.05, 0.1) is 33.2 Å². The third-order valence-electron chi connectivity index (χ3n) is 4.91. The highest BCUT2D eigenvalue weighted by Gasteiger charge is 2.36. The van der Waals surface area contributed by atoms with Gasteiger partial charge in [-0.3, -0.25) is 19.3 Å². The first-order valence-electron chi connectivity index (χ1n) is 11.5. The summed E-state index contributed by atoms with van der Waals surface area (Å²) in [5.41, 5.74) is 1.08. The standard InChI is InChI=1S/C26H26BrClN2O6S/c1-4-9-35-25(33)18-12-17(6-7-20(18)28)29-23(31)13-30-24(32)22(37-26(30)34)11-16-5-8-21(19(27)10-16)36-14-15(2)3/h5-8,10-12,15H,4,9,13-14H2,1-3H3,(H,29,31)/b22-11+. The fourth-order valence-corrected chi connectivity index (χ4v) is 4.69. The van der Waals surface area contributed by atoms with E-state index in [1.54, 1.807) is 24.3 Å². The summed E-state index contributed by atoms with van der Waals surface area (Å²) in [5, 5.41) is 2.21. The van der Waals surface area contributed by atoms with E-state index in [0.29, 0.717) is 30.3 Å². The molecule has 3 rings (SSSR count).